The monoisotopic (exact) mass is 195 g/mol. The van der Waals surface area contributed by atoms with Crippen LogP contribution in [0, 0.1) is 5.41 Å². The van der Waals surface area contributed by atoms with Crippen molar-refractivity contribution in [1.82, 2.24) is 0 Å². The summed E-state index contributed by atoms with van der Waals surface area (Å²) in [5.74, 6) is -0.340. The molecule has 0 aliphatic heterocycles. The molecule has 0 heterocycles. The highest BCUT2D eigenvalue weighted by molar-refractivity contribution is 5.85. The summed E-state index contributed by atoms with van der Waals surface area (Å²) < 4.78 is 5.00. The average Bonchev–Trinajstić information content (AvgIpc) is 1.85. The number of hydrogen-bond acceptors (Lipinski definition) is 3. The molecular weight excluding hydrogens is 178 g/mol. The first-order valence-corrected chi connectivity index (χ1v) is 3.77. The number of esters is 1. The first kappa shape index (κ1) is 14.3. The van der Waals surface area contributed by atoms with Crippen molar-refractivity contribution in [2.24, 2.45) is 11.1 Å². The summed E-state index contributed by atoms with van der Waals surface area (Å²) >= 11 is 0. The first-order valence-electron chi connectivity index (χ1n) is 3.77. The van der Waals surface area contributed by atoms with Crippen molar-refractivity contribution < 1.29 is 9.53 Å². The largest absolute Gasteiger partial charge is 0.461 e. The van der Waals surface area contributed by atoms with Gasteiger partial charge in [-0.2, -0.15) is 0 Å². The number of hydrogen-bond donors (Lipinski definition) is 1. The molecule has 0 aromatic heterocycles. The summed E-state index contributed by atoms with van der Waals surface area (Å²) in [6, 6.07) is 0. The summed E-state index contributed by atoms with van der Waals surface area (Å²) in [5, 5.41) is 0. The Morgan fingerprint density at radius 1 is 1.50 bits per heavy atom. The Balaban J connectivity index is 0. The highest BCUT2D eigenvalue weighted by Crippen LogP contribution is 2.21. The molecule has 74 valence electrons. The maximum Gasteiger partial charge on any atom is 0.319 e. The Hall–Kier alpha value is -0.280. The highest BCUT2D eigenvalue weighted by Gasteiger charge is 2.22. The van der Waals surface area contributed by atoms with Crippen LogP contribution in [0.1, 0.15) is 27.7 Å². The lowest BCUT2D eigenvalue weighted by molar-refractivity contribution is -0.151. The van der Waals surface area contributed by atoms with Crippen molar-refractivity contribution in [3.8, 4) is 0 Å². The van der Waals surface area contributed by atoms with E-state index >= 15 is 0 Å². The van der Waals surface area contributed by atoms with Gasteiger partial charge in [0.1, 0.15) is 6.10 Å². The Labute approximate surface area is 80.1 Å². The van der Waals surface area contributed by atoms with Gasteiger partial charge in [-0.15, -0.1) is 12.4 Å². The average molecular weight is 196 g/mol. The molecule has 1 atom stereocenters. The molecule has 0 fully saturated rings. The molecule has 0 saturated carbocycles. The minimum Gasteiger partial charge on any atom is -0.461 e. The summed E-state index contributed by atoms with van der Waals surface area (Å²) in [5.41, 5.74) is 5.08. The number of carbonyl (C=O) groups excluding carboxylic acids is 1. The van der Waals surface area contributed by atoms with Crippen LogP contribution in [-0.2, 0) is 9.53 Å². The fourth-order valence-electron chi connectivity index (χ4n) is 0.422. The predicted octanol–water partition coefficient (Wildman–Crippen LogP) is 1.34. The first-order chi connectivity index (χ1) is 4.88. The molecule has 0 aromatic carbocycles. The topological polar surface area (TPSA) is 52.3 Å². The lowest BCUT2D eigenvalue weighted by atomic mass is 9.90. The molecule has 2 N–H and O–H groups in total. The van der Waals surface area contributed by atoms with Gasteiger partial charge in [0.25, 0.3) is 0 Å². The molecule has 12 heavy (non-hydrogen) atoms. The van der Waals surface area contributed by atoms with Crippen LogP contribution in [0.3, 0.4) is 0 Å². The van der Waals surface area contributed by atoms with E-state index in [4.69, 9.17) is 10.5 Å². The quantitative estimate of drug-likeness (QED) is 0.677. The molecule has 1 unspecified atom stereocenters. The van der Waals surface area contributed by atoms with Gasteiger partial charge in [0.15, 0.2) is 0 Å². The third-order valence-electron chi connectivity index (χ3n) is 1.69. The summed E-state index contributed by atoms with van der Waals surface area (Å²) in [7, 11) is 0. The third-order valence-corrected chi connectivity index (χ3v) is 1.69. The maximum absolute atomic E-state index is 10.7. The zero-order chi connectivity index (χ0) is 9.07. The molecule has 4 heteroatoms. The van der Waals surface area contributed by atoms with Gasteiger partial charge < -0.3 is 10.5 Å². The Morgan fingerprint density at radius 2 is 1.92 bits per heavy atom. The van der Waals surface area contributed by atoms with Gasteiger partial charge in [0.05, 0.1) is 6.54 Å². The summed E-state index contributed by atoms with van der Waals surface area (Å²) in [6.45, 7) is 7.87. The van der Waals surface area contributed by atoms with Gasteiger partial charge in [-0.1, -0.05) is 20.8 Å². The van der Waals surface area contributed by atoms with Crippen molar-refractivity contribution >= 4 is 18.4 Å². The molecule has 0 spiro atoms. The van der Waals surface area contributed by atoms with Crippen LogP contribution in [0.5, 0.6) is 0 Å². The summed E-state index contributed by atoms with van der Waals surface area (Å²) in [6.07, 6.45) is -0.0847. The Bertz CT molecular complexity index is 142. The smallest absolute Gasteiger partial charge is 0.319 e. The second kappa shape index (κ2) is 5.38. The number of rotatable bonds is 2. The maximum atomic E-state index is 10.7. The second-order valence-corrected chi connectivity index (χ2v) is 3.70. The molecule has 0 aliphatic rings. The van der Waals surface area contributed by atoms with E-state index in [1.165, 1.54) is 0 Å². The second-order valence-electron chi connectivity index (χ2n) is 3.70. The molecule has 0 rings (SSSR count). The van der Waals surface area contributed by atoms with Crippen LogP contribution in [0.4, 0.5) is 0 Å². The van der Waals surface area contributed by atoms with E-state index in [-0.39, 0.29) is 36.4 Å². The molecule has 0 radical (unpaired) electrons. The van der Waals surface area contributed by atoms with Crippen molar-refractivity contribution in [3.05, 3.63) is 0 Å². The number of nitrogens with two attached hydrogens (primary N) is 1. The van der Waals surface area contributed by atoms with Gasteiger partial charge in [0.2, 0.25) is 0 Å². The summed E-state index contributed by atoms with van der Waals surface area (Å²) in [4.78, 5) is 10.7. The number of halogens is 1. The molecule has 0 bridgehead atoms. The Morgan fingerprint density at radius 3 is 2.17 bits per heavy atom. The lowest BCUT2D eigenvalue weighted by Crippen LogP contribution is -2.31. The minimum absolute atomic E-state index is 0. The van der Waals surface area contributed by atoms with E-state index in [2.05, 4.69) is 0 Å². The van der Waals surface area contributed by atoms with E-state index in [0.29, 0.717) is 0 Å². The zero-order valence-electron chi connectivity index (χ0n) is 8.09. The van der Waals surface area contributed by atoms with Gasteiger partial charge in [-0.3, -0.25) is 4.79 Å². The number of carbonyl (C=O) groups is 1. The van der Waals surface area contributed by atoms with E-state index in [9.17, 15) is 4.79 Å². The van der Waals surface area contributed by atoms with Crippen LogP contribution >= 0.6 is 12.4 Å². The minimum atomic E-state index is -0.340. The molecular formula is C8H18ClNO2. The van der Waals surface area contributed by atoms with Gasteiger partial charge in [-0.05, 0) is 12.3 Å². The van der Waals surface area contributed by atoms with Crippen molar-refractivity contribution in [2.45, 2.75) is 33.8 Å². The fourth-order valence-corrected chi connectivity index (χ4v) is 0.422. The SMILES string of the molecule is CC(OC(=O)CN)C(C)(C)C.Cl. The van der Waals surface area contributed by atoms with Crippen molar-refractivity contribution in [3.63, 3.8) is 0 Å². The van der Waals surface area contributed by atoms with E-state index in [0.717, 1.165) is 0 Å². The predicted molar refractivity (Wildman–Crippen MR) is 51.3 cm³/mol. The van der Waals surface area contributed by atoms with Crippen LogP contribution in [-0.4, -0.2) is 18.6 Å². The van der Waals surface area contributed by atoms with Gasteiger partial charge in [0, 0.05) is 0 Å². The van der Waals surface area contributed by atoms with E-state index in [1.54, 1.807) is 0 Å². The standard InChI is InChI=1S/C8H17NO2.ClH/c1-6(8(2,3)4)11-7(10)5-9;/h6H,5,9H2,1-4H3;1H. The van der Waals surface area contributed by atoms with Crippen LogP contribution in [0.25, 0.3) is 0 Å². The van der Waals surface area contributed by atoms with Gasteiger partial charge in [-0.25, -0.2) is 0 Å². The highest BCUT2D eigenvalue weighted by atomic mass is 35.5. The van der Waals surface area contributed by atoms with Crippen molar-refractivity contribution in [1.29, 1.82) is 0 Å². The van der Waals surface area contributed by atoms with Crippen LogP contribution in [0.15, 0.2) is 0 Å². The Kier molecular flexibility index (Phi) is 6.39. The third kappa shape index (κ3) is 5.38. The molecule has 0 aliphatic carbocycles. The lowest BCUT2D eigenvalue weighted by Gasteiger charge is -2.26. The van der Waals surface area contributed by atoms with E-state index in [1.807, 2.05) is 27.7 Å². The molecule has 0 saturated heterocycles. The van der Waals surface area contributed by atoms with Crippen molar-refractivity contribution in [2.75, 3.05) is 6.54 Å². The van der Waals surface area contributed by atoms with Crippen LogP contribution in [0.2, 0.25) is 0 Å². The molecule has 3 nitrogen and oxygen atoms in total. The molecule has 0 amide bonds. The van der Waals surface area contributed by atoms with Crippen LogP contribution < -0.4 is 5.73 Å². The number of ether oxygens (including phenoxy) is 1. The molecule has 0 aromatic rings. The zero-order valence-corrected chi connectivity index (χ0v) is 8.90. The van der Waals surface area contributed by atoms with Gasteiger partial charge >= 0.3 is 5.97 Å². The normalized spacial score (nSPS) is 13.1. The fraction of sp³-hybridized carbons (Fsp3) is 0.875. The van der Waals surface area contributed by atoms with E-state index < -0.39 is 0 Å².